The minimum absolute atomic E-state index is 0.620. The summed E-state index contributed by atoms with van der Waals surface area (Å²) in [5.41, 5.74) is 7.09. The zero-order valence-corrected chi connectivity index (χ0v) is 24.9. The van der Waals surface area contributed by atoms with Crippen molar-refractivity contribution in [3.8, 4) is 22.5 Å². The summed E-state index contributed by atoms with van der Waals surface area (Å²) in [5.74, 6) is 0.626. The van der Waals surface area contributed by atoms with Crippen molar-refractivity contribution in [2.45, 2.75) is 19.0 Å². The number of imidazole rings is 1. The third kappa shape index (κ3) is 4.79. The second kappa shape index (κ2) is 11.7. The summed E-state index contributed by atoms with van der Waals surface area (Å²) >= 11 is 7.08. The van der Waals surface area contributed by atoms with Crippen LogP contribution >= 0.6 is 11.6 Å². The van der Waals surface area contributed by atoms with Crippen LogP contribution in [0.2, 0.25) is 5.02 Å². The van der Waals surface area contributed by atoms with Gasteiger partial charge in [-0.2, -0.15) is 0 Å². The zero-order chi connectivity index (χ0) is 29.9. The number of benzene rings is 5. The molecule has 0 saturated carbocycles. The molecule has 7 aromatic rings. The van der Waals surface area contributed by atoms with Crippen LogP contribution in [0.4, 0.5) is 0 Å². The first-order chi connectivity index (χ1) is 21.7. The lowest BCUT2D eigenvalue weighted by atomic mass is 9.76. The summed E-state index contributed by atoms with van der Waals surface area (Å²) in [5, 5.41) is 14.5. The molecule has 44 heavy (non-hydrogen) atoms. The van der Waals surface area contributed by atoms with E-state index < -0.39 is 5.54 Å². The molecule has 0 atom stereocenters. The van der Waals surface area contributed by atoms with Gasteiger partial charge in [0.25, 0.3) is 0 Å². The lowest BCUT2D eigenvalue weighted by Crippen LogP contribution is -2.39. The molecule has 7 rings (SSSR count). The zero-order valence-electron chi connectivity index (χ0n) is 24.1. The molecule has 5 aromatic carbocycles. The van der Waals surface area contributed by atoms with E-state index in [9.17, 15) is 0 Å². The Morgan fingerprint density at radius 3 is 1.98 bits per heavy atom. The second-order valence-electron chi connectivity index (χ2n) is 10.7. The Kier molecular flexibility index (Phi) is 7.34. The number of tetrazole rings is 1. The van der Waals surface area contributed by atoms with Crippen LogP contribution in [0.1, 0.15) is 27.9 Å². The van der Waals surface area contributed by atoms with Gasteiger partial charge >= 0.3 is 0 Å². The highest BCUT2D eigenvalue weighted by Crippen LogP contribution is 2.45. The van der Waals surface area contributed by atoms with Crippen LogP contribution in [0.25, 0.3) is 22.5 Å². The summed E-state index contributed by atoms with van der Waals surface area (Å²) in [6.45, 7) is 2.73. The van der Waals surface area contributed by atoms with Crippen LogP contribution < -0.4 is 0 Å². The van der Waals surface area contributed by atoms with E-state index in [2.05, 4.69) is 82.4 Å². The molecule has 7 heteroatoms. The molecule has 0 unspecified atom stereocenters. The fourth-order valence-corrected chi connectivity index (χ4v) is 6.30. The molecule has 0 saturated heterocycles. The van der Waals surface area contributed by atoms with Crippen molar-refractivity contribution in [2.24, 2.45) is 0 Å². The van der Waals surface area contributed by atoms with Crippen LogP contribution in [0.15, 0.2) is 146 Å². The van der Waals surface area contributed by atoms with Crippen LogP contribution in [-0.2, 0) is 12.1 Å². The summed E-state index contributed by atoms with van der Waals surface area (Å²) in [6.07, 6.45) is 3.73. The Hall–Kier alpha value is -5.33. The highest BCUT2D eigenvalue weighted by molar-refractivity contribution is 6.31. The molecule has 214 valence electrons. The van der Waals surface area contributed by atoms with Crippen LogP contribution in [0, 0.1) is 6.92 Å². The Balaban J connectivity index is 1.55. The molecule has 0 fully saturated rings. The molecule has 0 aliphatic rings. The monoisotopic (exact) mass is 592 g/mol. The van der Waals surface area contributed by atoms with Crippen molar-refractivity contribution < 1.29 is 0 Å². The highest BCUT2D eigenvalue weighted by Gasteiger charge is 2.43. The maximum atomic E-state index is 7.08. The maximum Gasteiger partial charge on any atom is 0.184 e. The van der Waals surface area contributed by atoms with E-state index >= 15 is 0 Å². The number of aryl methyl sites for hydroxylation is 1. The van der Waals surface area contributed by atoms with E-state index in [0.29, 0.717) is 17.4 Å². The van der Waals surface area contributed by atoms with E-state index in [-0.39, 0.29) is 0 Å². The van der Waals surface area contributed by atoms with Gasteiger partial charge in [0.2, 0.25) is 0 Å². The maximum absolute atomic E-state index is 7.08. The van der Waals surface area contributed by atoms with Gasteiger partial charge in [-0.15, -0.1) is 5.10 Å². The highest BCUT2D eigenvalue weighted by atomic mass is 35.5. The molecular weight excluding hydrogens is 564 g/mol. The van der Waals surface area contributed by atoms with Gasteiger partial charge in [-0.1, -0.05) is 133 Å². The van der Waals surface area contributed by atoms with E-state index in [0.717, 1.165) is 44.6 Å². The first-order valence-corrected chi connectivity index (χ1v) is 14.8. The SMILES string of the molecule is Cc1cncn1Cc1ccc(-c2ccccc2)c(-c2nnnn2C(c2ccccc2)(c2ccccc2)c2ccccc2Cl)c1. The van der Waals surface area contributed by atoms with Crippen molar-refractivity contribution in [1.29, 1.82) is 0 Å². The van der Waals surface area contributed by atoms with Crippen LogP contribution in [0.5, 0.6) is 0 Å². The smallest absolute Gasteiger partial charge is 0.184 e. The summed E-state index contributed by atoms with van der Waals surface area (Å²) < 4.78 is 4.07. The van der Waals surface area contributed by atoms with Gasteiger partial charge in [-0.05, 0) is 57.3 Å². The van der Waals surface area contributed by atoms with Gasteiger partial charge in [0.05, 0.1) is 6.33 Å². The first kappa shape index (κ1) is 27.5. The third-order valence-corrected chi connectivity index (χ3v) is 8.45. The molecule has 0 bridgehead atoms. The largest absolute Gasteiger partial charge is 0.330 e. The van der Waals surface area contributed by atoms with Gasteiger partial charge in [-0.25, -0.2) is 9.67 Å². The number of nitrogens with zero attached hydrogens (tertiary/aromatic N) is 6. The van der Waals surface area contributed by atoms with Crippen molar-refractivity contribution in [2.75, 3.05) is 0 Å². The van der Waals surface area contributed by atoms with Crippen LogP contribution in [-0.4, -0.2) is 29.8 Å². The number of hydrogen-bond acceptors (Lipinski definition) is 4. The fraction of sp³-hybridized carbons (Fsp3) is 0.0811. The Morgan fingerprint density at radius 2 is 1.34 bits per heavy atom. The lowest BCUT2D eigenvalue weighted by molar-refractivity contribution is 0.451. The van der Waals surface area contributed by atoms with Crippen molar-refractivity contribution >= 4 is 11.6 Å². The number of hydrogen-bond donors (Lipinski definition) is 0. The molecule has 0 spiro atoms. The number of halogens is 1. The Labute approximate surface area is 261 Å². The molecule has 2 aromatic heterocycles. The predicted octanol–water partition coefficient (Wildman–Crippen LogP) is 8.05. The van der Waals surface area contributed by atoms with E-state index in [1.807, 2.05) is 90.0 Å². The Bertz CT molecular complexity index is 1980. The normalized spacial score (nSPS) is 11.5. The van der Waals surface area contributed by atoms with Gasteiger partial charge in [0.1, 0.15) is 5.54 Å². The molecule has 0 aliphatic carbocycles. The molecule has 0 radical (unpaired) electrons. The quantitative estimate of drug-likeness (QED) is 0.167. The Morgan fingerprint density at radius 1 is 0.705 bits per heavy atom. The molecule has 0 aliphatic heterocycles. The topological polar surface area (TPSA) is 61.4 Å². The standard InChI is InChI=1S/C37H29ClN6/c1-27-24-39-26-43(27)25-28-21-22-32(29-13-5-2-6-14-29)33(23-28)36-40-41-42-44(36)37(30-15-7-3-8-16-30,31-17-9-4-10-18-31)34-19-11-12-20-35(34)38/h2-24,26H,25H2,1H3. The lowest BCUT2D eigenvalue weighted by Gasteiger charge is -2.37. The summed E-state index contributed by atoms with van der Waals surface area (Å²) in [4.78, 5) is 4.32. The minimum atomic E-state index is -0.982. The minimum Gasteiger partial charge on any atom is -0.330 e. The third-order valence-electron chi connectivity index (χ3n) is 8.12. The number of aromatic nitrogens is 6. The van der Waals surface area contributed by atoms with Gasteiger partial charge in [-0.3, -0.25) is 0 Å². The summed E-state index contributed by atoms with van der Waals surface area (Å²) in [6, 6.07) is 45.4. The second-order valence-corrected chi connectivity index (χ2v) is 11.2. The molecule has 0 amide bonds. The van der Waals surface area contributed by atoms with E-state index in [1.165, 1.54) is 0 Å². The summed E-state index contributed by atoms with van der Waals surface area (Å²) in [7, 11) is 0. The van der Waals surface area contributed by atoms with E-state index in [1.54, 1.807) is 0 Å². The number of rotatable bonds is 8. The van der Waals surface area contributed by atoms with Crippen molar-refractivity contribution in [3.63, 3.8) is 0 Å². The molecule has 0 N–H and O–H groups in total. The average Bonchev–Trinajstić information content (AvgIpc) is 3.73. The predicted molar refractivity (Wildman–Crippen MR) is 174 cm³/mol. The van der Waals surface area contributed by atoms with Crippen molar-refractivity contribution in [3.05, 3.63) is 179 Å². The van der Waals surface area contributed by atoms with E-state index in [4.69, 9.17) is 21.9 Å². The average molecular weight is 593 g/mol. The molecular formula is C37H29ClN6. The molecule has 2 heterocycles. The first-order valence-electron chi connectivity index (χ1n) is 14.5. The van der Waals surface area contributed by atoms with Gasteiger partial charge in [0, 0.05) is 34.6 Å². The van der Waals surface area contributed by atoms with Crippen LogP contribution in [0.3, 0.4) is 0 Å². The fourth-order valence-electron chi connectivity index (χ4n) is 6.02. The van der Waals surface area contributed by atoms with Crippen molar-refractivity contribution in [1.82, 2.24) is 29.8 Å². The molecule has 6 nitrogen and oxygen atoms in total. The van der Waals surface area contributed by atoms with Gasteiger partial charge in [0.15, 0.2) is 5.82 Å². The van der Waals surface area contributed by atoms with Gasteiger partial charge < -0.3 is 4.57 Å².